The number of benzene rings is 2. The molecule has 3 N–H and O–H groups in total. The van der Waals surface area contributed by atoms with Crippen LogP contribution in [-0.4, -0.2) is 36.7 Å². The van der Waals surface area contributed by atoms with Crippen LogP contribution in [0.15, 0.2) is 77.9 Å². The Labute approximate surface area is 182 Å². The van der Waals surface area contributed by atoms with Crippen molar-refractivity contribution in [2.24, 2.45) is 10.7 Å². The molecule has 0 radical (unpaired) electrons. The summed E-state index contributed by atoms with van der Waals surface area (Å²) in [7, 11) is 0. The molecule has 1 aliphatic heterocycles. The maximum absolute atomic E-state index is 6.07. The Kier molecular flexibility index (Phi) is 6.64. The van der Waals surface area contributed by atoms with Gasteiger partial charge in [0.25, 0.3) is 0 Å². The summed E-state index contributed by atoms with van der Waals surface area (Å²) in [6.45, 7) is 4.97. The minimum absolute atomic E-state index is 0.224. The second kappa shape index (κ2) is 9.95. The van der Waals surface area contributed by atoms with Gasteiger partial charge in [0.15, 0.2) is 5.96 Å². The first-order valence-corrected chi connectivity index (χ1v) is 10.4. The molecule has 4 rings (SSSR count). The fourth-order valence-corrected chi connectivity index (χ4v) is 3.35. The average molecular weight is 418 g/mol. The number of nitrogens with zero attached hydrogens (tertiary/aromatic N) is 3. The number of ether oxygens (including phenoxy) is 2. The first-order valence-electron chi connectivity index (χ1n) is 10.4. The number of aromatic nitrogens is 1. The molecule has 2 aromatic carbocycles. The third-order valence-electron chi connectivity index (χ3n) is 4.89. The van der Waals surface area contributed by atoms with Crippen molar-refractivity contribution in [1.82, 2.24) is 4.98 Å². The van der Waals surface area contributed by atoms with E-state index in [9.17, 15) is 0 Å². The molecule has 0 spiro atoms. The smallest absolute Gasteiger partial charge is 0.193 e. The highest BCUT2D eigenvalue weighted by molar-refractivity contribution is 5.92. The summed E-state index contributed by atoms with van der Waals surface area (Å²) in [5, 5.41) is 3.11. The Balaban J connectivity index is 1.33. The van der Waals surface area contributed by atoms with E-state index in [1.54, 1.807) is 0 Å². The molecule has 7 heteroatoms. The van der Waals surface area contributed by atoms with Crippen molar-refractivity contribution >= 4 is 17.5 Å². The van der Waals surface area contributed by atoms with Crippen LogP contribution < -0.4 is 20.7 Å². The fourth-order valence-electron chi connectivity index (χ4n) is 3.35. The summed E-state index contributed by atoms with van der Waals surface area (Å²) < 4.78 is 11.4. The molecule has 0 saturated carbocycles. The molecule has 1 aliphatic rings. The summed E-state index contributed by atoms with van der Waals surface area (Å²) in [6, 6.07) is 21.3. The predicted octanol–water partition coefficient (Wildman–Crippen LogP) is 4.03. The van der Waals surface area contributed by atoms with Gasteiger partial charge in [-0.3, -0.25) is 0 Å². The molecular weight excluding hydrogens is 390 g/mol. The van der Waals surface area contributed by atoms with E-state index in [1.165, 1.54) is 0 Å². The second-order valence-corrected chi connectivity index (χ2v) is 7.42. The number of pyridine rings is 1. The molecule has 1 fully saturated rings. The fraction of sp³-hybridized carbons (Fsp3) is 0.250. The molecule has 0 aliphatic carbocycles. The van der Waals surface area contributed by atoms with Gasteiger partial charge in [0.05, 0.1) is 19.3 Å². The monoisotopic (exact) mass is 417 g/mol. The van der Waals surface area contributed by atoms with Crippen LogP contribution in [-0.2, 0) is 11.3 Å². The zero-order valence-corrected chi connectivity index (χ0v) is 17.6. The molecule has 1 aromatic heterocycles. The Hall–Kier alpha value is -3.58. The van der Waals surface area contributed by atoms with Crippen molar-refractivity contribution < 1.29 is 9.47 Å². The van der Waals surface area contributed by atoms with Crippen LogP contribution >= 0.6 is 0 Å². The summed E-state index contributed by atoms with van der Waals surface area (Å²) in [6.07, 6.45) is 2.07. The molecular formula is C24H27N5O2. The predicted molar refractivity (Wildman–Crippen MR) is 124 cm³/mol. The summed E-state index contributed by atoms with van der Waals surface area (Å²) in [5.74, 6) is 2.80. The minimum Gasteiger partial charge on any atom is -0.457 e. The SMILES string of the molecule is CC1CN(c2ccc(CN=C(N)Nc3cccc(Oc4ccccc4)c3)cn2)CCO1. The van der Waals surface area contributed by atoms with Crippen LogP contribution in [0.25, 0.3) is 0 Å². The van der Waals surface area contributed by atoms with Crippen LogP contribution in [0.4, 0.5) is 11.5 Å². The summed E-state index contributed by atoms with van der Waals surface area (Å²) in [4.78, 5) is 11.2. The lowest BCUT2D eigenvalue weighted by Crippen LogP contribution is -2.41. The Morgan fingerprint density at radius 3 is 2.77 bits per heavy atom. The summed E-state index contributed by atoms with van der Waals surface area (Å²) in [5.41, 5.74) is 7.88. The number of morpholine rings is 1. The van der Waals surface area contributed by atoms with E-state index in [-0.39, 0.29) is 6.10 Å². The molecule has 1 unspecified atom stereocenters. The Morgan fingerprint density at radius 2 is 2.00 bits per heavy atom. The Morgan fingerprint density at radius 1 is 1.16 bits per heavy atom. The first kappa shape index (κ1) is 20.7. The molecule has 160 valence electrons. The van der Waals surface area contributed by atoms with E-state index < -0.39 is 0 Å². The number of hydrogen-bond donors (Lipinski definition) is 2. The van der Waals surface area contributed by atoms with Crippen molar-refractivity contribution in [3.63, 3.8) is 0 Å². The van der Waals surface area contributed by atoms with Crippen LogP contribution in [0, 0.1) is 0 Å². The Bertz CT molecular complexity index is 1010. The van der Waals surface area contributed by atoms with E-state index in [2.05, 4.69) is 27.1 Å². The van der Waals surface area contributed by atoms with Crippen molar-refractivity contribution in [1.29, 1.82) is 0 Å². The zero-order valence-electron chi connectivity index (χ0n) is 17.6. The first-order chi connectivity index (χ1) is 15.2. The normalized spacial score (nSPS) is 16.7. The molecule has 0 bridgehead atoms. The lowest BCUT2D eigenvalue weighted by Gasteiger charge is -2.32. The minimum atomic E-state index is 0.224. The van der Waals surface area contributed by atoms with Gasteiger partial charge >= 0.3 is 0 Å². The van der Waals surface area contributed by atoms with Gasteiger partial charge in [-0.05, 0) is 42.8 Å². The number of anilines is 2. The van der Waals surface area contributed by atoms with E-state index in [0.717, 1.165) is 48.3 Å². The largest absolute Gasteiger partial charge is 0.457 e. The highest BCUT2D eigenvalue weighted by atomic mass is 16.5. The maximum Gasteiger partial charge on any atom is 0.193 e. The van der Waals surface area contributed by atoms with Crippen LogP contribution in [0.3, 0.4) is 0 Å². The van der Waals surface area contributed by atoms with Gasteiger partial charge in [0.1, 0.15) is 17.3 Å². The van der Waals surface area contributed by atoms with Crippen molar-refractivity contribution in [3.05, 3.63) is 78.5 Å². The van der Waals surface area contributed by atoms with E-state index in [4.69, 9.17) is 15.2 Å². The van der Waals surface area contributed by atoms with Gasteiger partial charge in [-0.2, -0.15) is 0 Å². The van der Waals surface area contributed by atoms with Gasteiger partial charge in [-0.1, -0.05) is 30.3 Å². The second-order valence-electron chi connectivity index (χ2n) is 7.42. The quantitative estimate of drug-likeness (QED) is 0.465. The number of nitrogens with two attached hydrogens (primary N) is 1. The standard InChI is InChI=1S/C24H27N5O2/c1-18-17-29(12-13-30-18)23-11-10-19(15-26-23)16-27-24(25)28-20-6-5-9-22(14-20)31-21-7-3-2-4-8-21/h2-11,14-15,18H,12-13,16-17H2,1H3,(H3,25,27,28). The number of hydrogen-bond acceptors (Lipinski definition) is 5. The van der Waals surface area contributed by atoms with Gasteiger partial charge in [-0.15, -0.1) is 0 Å². The number of rotatable bonds is 6. The summed E-state index contributed by atoms with van der Waals surface area (Å²) >= 11 is 0. The third kappa shape index (κ3) is 5.96. The molecule has 2 heterocycles. The lowest BCUT2D eigenvalue weighted by atomic mass is 10.2. The highest BCUT2D eigenvalue weighted by Crippen LogP contribution is 2.23. The van der Waals surface area contributed by atoms with Crippen molar-refractivity contribution in [2.75, 3.05) is 29.9 Å². The van der Waals surface area contributed by atoms with Gasteiger partial charge in [0.2, 0.25) is 0 Å². The van der Waals surface area contributed by atoms with Crippen molar-refractivity contribution in [3.8, 4) is 11.5 Å². The van der Waals surface area contributed by atoms with Crippen LogP contribution in [0.1, 0.15) is 12.5 Å². The third-order valence-corrected chi connectivity index (χ3v) is 4.89. The molecule has 3 aromatic rings. The number of guanidine groups is 1. The molecule has 7 nitrogen and oxygen atoms in total. The van der Waals surface area contributed by atoms with E-state index in [1.807, 2.05) is 72.9 Å². The maximum atomic E-state index is 6.07. The van der Waals surface area contributed by atoms with Crippen LogP contribution in [0.5, 0.6) is 11.5 Å². The van der Waals surface area contributed by atoms with Crippen LogP contribution in [0.2, 0.25) is 0 Å². The molecule has 0 amide bonds. The molecule has 1 atom stereocenters. The molecule has 31 heavy (non-hydrogen) atoms. The lowest BCUT2D eigenvalue weighted by molar-refractivity contribution is 0.0529. The van der Waals surface area contributed by atoms with Gasteiger partial charge in [-0.25, -0.2) is 9.98 Å². The van der Waals surface area contributed by atoms with E-state index in [0.29, 0.717) is 12.5 Å². The van der Waals surface area contributed by atoms with Gasteiger partial charge < -0.3 is 25.4 Å². The van der Waals surface area contributed by atoms with Crippen molar-refractivity contribution in [2.45, 2.75) is 19.6 Å². The molecule has 1 saturated heterocycles. The topological polar surface area (TPSA) is 85.0 Å². The zero-order chi connectivity index (χ0) is 21.5. The number of aliphatic imine (C=N–C) groups is 1. The van der Waals surface area contributed by atoms with E-state index >= 15 is 0 Å². The number of nitrogens with one attached hydrogen (secondary N) is 1. The van der Waals surface area contributed by atoms with Gasteiger partial charge in [0, 0.05) is 31.0 Å². The number of para-hydroxylation sites is 1. The average Bonchev–Trinajstić information content (AvgIpc) is 2.79. The highest BCUT2D eigenvalue weighted by Gasteiger charge is 2.17.